The Morgan fingerprint density at radius 3 is 2.96 bits per heavy atom. The van der Waals surface area contributed by atoms with Crippen LogP contribution in [-0.2, 0) is 17.6 Å². The van der Waals surface area contributed by atoms with Crippen molar-refractivity contribution in [2.45, 2.75) is 43.0 Å². The smallest absolute Gasteiger partial charge is 0.230 e. The van der Waals surface area contributed by atoms with Gasteiger partial charge in [-0.15, -0.1) is 16.8 Å². The quantitative estimate of drug-likeness (QED) is 0.529. The fourth-order valence-electron chi connectivity index (χ4n) is 3.02. The van der Waals surface area contributed by atoms with E-state index in [0.717, 1.165) is 15.9 Å². The molecule has 1 aliphatic carbocycles. The Hall–Kier alpha value is -1.86. The van der Waals surface area contributed by atoms with E-state index in [4.69, 9.17) is 0 Å². The van der Waals surface area contributed by atoms with Crippen LogP contribution < -0.4 is 10.6 Å². The first kappa shape index (κ1) is 18.9. The molecule has 2 aromatic rings. The van der Waals surface area contributed by atoms with Crippen molar-refractivity contribution in [1.82, 2.24) is 15.5 Å². The van der Waals surface area contributed by atoms with Crippen molar-refractivity contribution in [2.75, 3.05) is 17.6 Å². The number of rotatable bonds is 8. The first-order valence-corrected chi connectivity index (χ1v) is 10.7. The van der Waals surface area contributed by atoms with Crippen LogP contribution in [0.1, 0.15) is 42.5 Å². The van der Waals surface area contributed by atoms with E-state index >= 15 is 0 Å². The third kappa shape index (κ3) is 5.08. The van der Waals surface area contributed by atoms with Gasteiger partial charge in [0.1, 0.15) is 0 Å². The zero-order valence-corrected chi connectivity index (χ0v) is 16.6. The van der Waals surface area contributed by atoms with Crippen LogP contribution in [0.2, 0.25) is 0 Å². The number of anilines is 1. The number of nitrogens with one attached hydrogen (secondary N) is 2. The lowest BCUT2D eigenvalue weighted by Crippen LogP contribution is -2.28. The van der Waals surface area contributed by atoms with Crippen molar-refractivity contribution in [2.24, 2.45) is 0 Å². The Bertz CT molecular complexity index is 775. The maximum atomic E-state index is 12.3. The molecule has 7 heteroatoms. The summed E-state index contributed by atoms with van der Waals surface area (Å²) in [5, 5.41) is 15.0. The molecule has 5 nitrogen and oxygen atoms in total. The van der Waals surface area contributed by atoms with E-state index in [2.05, 4.69) is 45.6 Å². The monoisotopic (exact) mass is 388 g/mol. The minimum Gasteiger partial charge on any atom is -0.357 e. The Morgan fingerprint density at radius 2 is 2.15 bits per heavy atom. The number of benzene rings is 1. The van der Waals surface area contributed by atoms with Gasteiger partial charge in [0.05, 0.1) is 11.8 Å². The Balaban J connectivity index is 1.49. The first-order chi connectivity index (χ1) is 12.7. The number of aryl methyl sites for hydroxylation is 2. The molecule has 2 N–H and O–H groups in total. The number of aromatic nitrogens is 2. The number of nitrogens with zero attached hydrogens (tertiary/aromatic N) is 2. The van der Waals surface area contributed by atoms with Crippen LogP contribution in [-0.4, -0.2) is 28.4 Å². The van der Waals surface area contributed by atoms with Gasteiger partial charge in [0.25, 0.3) is 0 Å². The Labute approximate surface area is 162 Å². The highest BCUT2D eigenvalue weighted by Gasteiger charge is 2.15. The summed E-state index contributed by atoms with van der Waals surface area (Å²) in [6, 6.07) is 6.63. The Morgan fingerprint density at radius 1 is 1.35 bits per heavy atom. The second kappa shape index (κ2) is 9.19. The molecule has 1 aromatic carbocycles. The van der Waals surface area contributed by atoms with Crippen LogP contribution in [0.3, 0.4) is 0 Å². The van der Waals surface area contributed by atoms with Gasteiger partial charge in [-0.3, -0.25) is 4.79 Å². The minimum absolute atomic E-state index is 0.00886. The first-order valence-electron chi connectivity index (χ1n) is 8.88. The fraction of sp³-hybridized carbons (Fsp3) is 0.421. The van der Waals surface area contributed by atoms with Gasteiger partial charge >= 0.3 is 0 Å². The van der Waals surface area contributed by atoms with Gasteiger partial charge in [0, 0.05) is 6.54 Å². The van der Waals surface area contributed by atoms with Crippen LogP contribution in [0, 0.1) is 0 Å². The number of carbonyl (C=O) groups is 1. The predicted octanol–water partition coefficient (Wildman–Crippen LogP) is 3.98. The number of hydrogen-bond acceptors (Lipinski definition) is 6. The third-order valence-corrected chi connectivity index (χ3v) is 6.40. The average Bonchev–Trinajstić information content (AvgIpc) is 3.12. The third-order valence-electron chi connectivity index (χ3n) is 4.38. The average molecular weight is 389 g/mol. The summed E-state index contributed by atoms with van der Waals surface area (Å²) in [5.41, 5.74) is 4.08. The number of fused-ring (bicyclic) bond motifs is 1. The molecule has 1 aliphatic rings. The molecule has 0 fully saturated rings. The highest BCUT2D eigenvalue weighted by atomic mass is 32.2. The lowest BCUT2D eigenvalue weighted by molar-refractivity contribution is -0.119. The summed E-state index contributed by atoms with van der Waals surface area (Å²) >= 11 is 2.86. The maximum absolute atomic E-state index is 12.3. The molecule has 138 valence electrons. The van der Waals surface area contributed by atoms with Crippen molar-refractivity contribution < 1.29 is 4.79 Å². The van der Waals surface area contributed by atoms with E-state index in [1.54, 1.807) is 6.08 Å². The highest BCUT2D eigenvalue weighted by Crippen LogP contribution is 2.26. The van der Waals surface area contributed by atoms with E-state index < -0.39 is 0 Å². The topological polar surface area (TPSA) is 66.9 Å². The summed E-state index contributed by atoms with van der Waals surface area (Å²) in [5.74, 6) is 0.349. The van der Waals surface area contributed by atoms with Gasteiger partial charge in [-0.1, -0.05) is 47.4 Å². The predicted molar refractivity (Wildman–Crippen MR) is 109 cm³/mol. The van der Waals surface area contributed by atoms with E-state index in [0.29, 0.717) is 12.3 Å². The molecule has 1 heterocycles. The van der Waals surface area contributed by atoms with E-state index in [9.17, 15) is 4.79 Å². The minimum atomic E-state index is 0.00886. The van der Waals surface area contributed by atoms with Crippen molar-refractivity contribution in [3.05, 3.63) is 47.5 Å². The van der Waals surface area contributed by atoms with E-state index in [-0.39, 0.29) is 11.9 Å². The van der Waals surface area contributed by atoms with E-state index in [1.807, 2.05) is 6.92 Å². The maximum Gasteiger partial charge on any atom is 0.230 e. The molecule has 1 atom stereocenters. The molecule has 0 saturated carbocycles. The molecule has 0 unspecified atom stereocenters. The lowest BCUT2D eigenvalue weighted by atomic mass is 9.89. The van der Waals surface area contributed by atoms with Gasteiger partial charge in [-0.2, -0.15) is 0 Å². The fourth-order valence-corrected chi connectivity index (χ4v) is 4.59. The second-order valence-electron chi connectivity index (χ2n) is 6.36. The van der Waals surface area contributed by atoms with Crippen LogP contribution in [0.25, 0.3) is 0 Å². The molecule has 0 saturated heterocycles. The number of carbonyl (C=O) groups excluding carboxylic acids is 1. The molecular weight excluding hydrogens is 364 g/mol. The van der Waals surface area contributed by atoms with E-state index in [1.165, 1.54) is 59.1 Å². The highest BCUT2D eigenvalue weighted by molar-refractivity contribution is 8.01. The van der Waals surface area contributed by atoms with Crippen LogP contribution in [0.5, 0.6) is 0 Å². The summed E-state index contributed by atoms with van der Waals surface area (Å²) in [6.45, 7) is 6.34. The normalized spacial score (nSPS) is 14.3. The molecule has 0 radical (unpaired) electrons. The van der Waals surface area contributed by atoms with Crippen LogP contribution >= 0.6 is 23.1 Å². The molecule has 3 rings (SSSR count). The van der Waals surface area contributed by atoms with Gasteiger partial charge in [0.15, 0.2) is 4.34 Å². The lowest BCUT2D eigenvalue weighted by Gasteiger charge is -2.20. The summed E-state index contributed by atoms with van der Waals surface area (Å²) in [7, 11) is 0. The molecule has 0 aliphatic heterocycles. The van der Waals surface area contributed by atoms with Crippen molar-refractivity contribution in [3.8, 4) is 0 Å². The van der Waals surface area contributed by atoms with Crippen molar-refractivity contribution >= 4 is 34.1 Å². The largest absolute Gasteiger partial charge is 0.357 e. The second-order valence-corrected chi connectivity index (χ2v) is 8.56. The molecule has 1 amide bonds. The SMILES string of the molecule is C=CCNc1nnc(SCC(=O)N[C@@H](C)c2ccc3c(c2)CCCC3)s1. The zero-order valence-electron chi connectivity index (χ0n) is 15.0. The number of thioether (sulfide) groups is 1. The molecule has 1 aromatic heterocycles. The van der Waals surface area contributed by atoms with Crippen LogP contribution in [0.15, 0.2) is 35.2 Å². The molecular formula is C19H24N4OS2. The summed E-state index contributed by atoms with van der Waals surface area (Å²) < 4.78 is 0.785. The van der Waals surface area contributed by atoms with Crippen molar-refractivity contribution in [1.29, 1.82) is 0 Å². The molecule has 0 bridgehead atoms. The van der Waals surface area contributed by atoms with Gasteiger partial charge < -0.3 is 10.6 Å². The zero-order chi connectivity index (χ0) is 18.4. The summed E-state index contributed by atoms with van der Waals surface area (Å²) in [4.78, 5) is 12.3. The van der Waals surface area contributed by atoms with Gasteiger partial charge in [0.2, 0.25) is 11.0 Å². The van der Waals surface area contributed by atoms with Gasteiger partial charge in [-0.25, -0.2) is 0 Å². The van der Waals surface area contributed by atoms with Crippen molar-refractivity contribution in [3.63, 3.8) is 0 Å². The summed E-state index contributed by atoms with van der Waals surface area (Å²) in [6.07, 6.45) is 6.65. The van der Waals surface area contributed by atoms with Gasteiger partial charge in [-0.05, 0) is 49.3 Å². The Kier molecular flexibility index (Phi) is 6.68. The van der Waals surface area contributed by atoms with Crippen LogP contribution in [0.4, 0.5) is 5.13 Å². The number of amides is 1. The standard InChI is InChI=1S/C19H24N4OS2/c1-3-10-20-18-22-23-19(26-18)25-12-17(24)21-13(2)15-9-8-14-6-4-5-7-16(14)11-15/h3,8-9,11,13H,1,4-7,10,12H2,2H3,(H,20,22)(H,21,24)/t13-/m0/s1. The number of hydrogen-bond donors (Lipinski definition) is 2. The molecule has 0 spiro atoms. The molecule has 26 heavy (non-hydrogen) atoms.